The fourth-order valence-corrected chi connectivity index (χ4v) is 3.05. The van der Waals surface area contributed by atoms with Crippen molar-refractivity contribution in [3.63, 3.8) is 0 Å². The summed E-state index contributed by atoms with van der Waals surface area (Å²) in [6, 6.07) is 0. The molecular weight excluding hydrogens is 108 g/mol. The van der Waals surface area contributed by atoms with Gasteiger partial charge < -0.3 is 0 Å². The molecule has 9 heavy (non-hydrogen) atoms. The second-order valence-electron chi connectivity index (χ2n) is 4.17. The Morgan fingerprint density at radius 3 is 2.22 bits per heavy atom. The van der Waals surface area contributed by atoms with Crippen LogP contribution in [-0.2, 0) is 0 Å². The highest BCUT2D eigenvalue weighted by atomic mass is 14.8. The largest absolute Gasteiger partial charge is 0.0654 e. The van der Waals surface area contributed by atoms with Crippen molar-refractivity contribution in [2.24, 2.45) is 23.2 Å². The van der Waals surface area contributed by atoms with E-state index < -0.39 is 0 Å². The number of hydrogen-bond acceptors (Lipinski definition) is 0. The fourth-order valence-electron chi connectivity index (χ4n) is 3.05. The fraction of sp³-hybridized carbons (Fsp3) is 1.00. The molecule has 52 valence electrons. The summed E-state index contributed by atoms with van der Waals surface area (Å²) in [5, 5.41) is 0. The lowest BCUT2D eigenvalue weighted by Gasteiger charge is -2.18. The van der Waals surface area contributed by atoms with E-state index in [2.05, 4.69) is 20.8 Å². The Morgan fingerprint density at radius 1 is 1.33 bits per heavy atom. The van der Waals surface area contributed by atoms with E-state index in [-0.39, 0.29) is 0 Å². The third-order valence-corrected chi connectivity index (χ3v) is 3.58. The van der Waals surface area contributed by atoms with Gasteiger partial charge in [0.15, 0.2) is 0 Å². The van der Waals surface area contributed by atoms with Crippen molar-refractivity contribution in [1.29, 1.82) is 0 Å². The second kappa shape index (κ2) is 1.36. The van der Waals surface area contributed by atoms with Crippen molar-refractivity contribution >= 4 is 0 Å². The summed E-state index contributed by atoms with van der Waals surface area (Å²) in [5.74, 6) is 3.40. The Balaban J connectivity index is 1.88. The number of fused-ring (bicyclic) bond motifs is 1. The lowest BCUT2D eigenvalue weighted by molar-refractivity contribution is 0.314. The first-order valence-electron chi connectivity index (χ1n) is 4.22. The Labute approximate surface area is 57.6 Å². The zero-order valence-electron chi connectivity index (χ0n) is 6.65. The molecule has 0 bridgehead atoms. The van der Waals surface area contributed by atoms with E-state index in [1.54, 1.807) is 0 Å². The van der Waals surface area contributed by atoms with Crippen molar-refractivity contribution in [1.82, 2.24) is 0 Å². The zero-order valence-corrected chi connectivity index (χ0v) is 6.65. The van der Waals surface area contributed by atoms with Crippen LogP contribution in [0, 0.1) is 23.2 Å². The molecule has 2 fully saturated rings. The van der Waals surface area contributed by atoms with Gasteiger partial charge in [0, 0.05) is 0 Å². The van der Waals surface area contributed by atoms with Gasteiger partial charge in [-0.3, -0.25) is 0 Å². The highest BCUT2D eigenvalue weighted by Gasteiger charge is 2.77. The molecule has 0 aliphatic heterocycles. The molecule has 2 aliphatic carbocycles. The van der Waals surface area contributed by atoms with Crippen LogP contribution in [0.5, 0.6) is 0 Å². The first kappa shape index (κ1) is 5.76. The van der Waals surface area contributed by atoms with Crippen molar-refractivity contribution in [2.45, 2.75) is 33.6 Å². The van der Waals surface area contributed by atoms with Gasteiger partial charge in [-0.05, 0) is 29.6 Å². The minimum Gasteiger partial charge on any atom is -0.0654 e. The van der Waals surface area contributed by atoms with Crippen molar-refractivity contribution < 1.29 is 0 Å². The van der Waals surface area contributed by atoms with Crippen molar-refractivity contribution in [2.75, 3.05) is 0 Å². The Kier molecular flexibility index (Phi) is 0.868. The van der Waals surface area contributed by atoms with Gasteiger partial charge in [-0.2, -0.15) is 0 Å². The third kappa shape index (κ3) is 0.500. The van der Waals surface area contributed by atoms with Crippen LogP contribution < -0.4 is 0 Å². The van der Waals surface area contributed by atoms with Crippen LogP contribution in [0.2, 0.25) is 0 Å². The minimum atomic E-state index is 0.828. The second-order valence-corrected chi connectivity index (χ2v) is 4.17. The molecule has 0 amide bonds. The van der Waals surface area contributed by atoms with E-state index >= 15 is 0 Å². The van der Waals surface area contributed by atoms with Crippen molar-refractivity contribution in [3.05, 3.63) is 0 Å². The Hall–Kier alpha value is 0. The summed E-state index contributed by atoms with van der Waals surface area (Å²) in [6.45, 7) is 7.16. The molecule has 2 rings (SSSR count). The van der Waals surface area contributed by atoms with E-state index in [1.165, 1.54) is 12.8 Å². The summed E-state index contributed by atoms with van der Waals surface area (Å²) >= 11 is 0. The first-order valence-corrected chi connectivity index (χ1v) is 4.22. The highest BCUT2D eigenvalue weighted by Crippen LogP contribution is 2.82. The molecule has 0 spiro atoms. The molecule has 0 saturated heterocycles. The molecule has 0 heteroatoms. The van der Waals surface area contributed by atoms with Crippen LogP contribution in [0.1, 0.15) is 33.6 Å². The Morgan fingerprint density at radius 2 is 1.89 bits per heavy atom. The zero-order chi connectivity index (χ0) is 6.65. The number of hydrogen-bond donors (Lipinski definition) is 0. The van der Waals surface area contributed by atoms with Crippen LogP contribution >= 0.6 is 0 Å². The lowest BCUT2D eigenvalue weighted by Crippen LogP contribution is -2.10. The average Bonchev–Trinajstić information content (AvgIpc) is 2.58. The lowest BCUT2D eigenvalue weighted by atomic mass is 9.87. The van der Waals surface area contributed by atoms with Gasteiger partial charge in [0.1, 0.15) is 0 Å². The van der Waals surface area contributed by atoms with E-state index in [9.17, 15) is 0 Å². The molecule has 0 heterocycles. The van der Waals surface area contributed by atoms with E-state index in [0.717, 1.165) is 23.2 Å². The molecule has 0 aromatic carbocycles. The van der Waals surface area contributed by atoms with Crippen LogP contribution in [0.3, 0.4) is 0 Å². The molecular formula is C9H16. The predicted molar refractivity (Wildman–Crippen MR) is 39.2 cm³/mol. The van der Waals surface area contributed by atoms with Gasteiger partial charge >= 0.3 is 0 Å². The quantitative estimate of drug-likeness (QED) is 0.531. The SMILES string of the molecule is CCCC1(C)C2C(C)C21. The monoisotopic (exact) mass is 124 g/mol. The molecule has 0 aromatic heterocycles. The minimum absolute atomic E-state index is 0.828. The third-order valence-electron chi connectivity index (χ3n) is 3.58. The molecule has 0 aromatic rings. The first-order chi connectivity index (χ1) is 4.22. The topological polar surface area (TPSA) is 0 Å². The van der Waals surface area contributed by atoms with Crippen molar-refractivity contribution in [3.8, 4) is 0 Å². The van der Waals surface area contributed by atoms with Gasteiger partial charge in [0.05, 0.1) is 0 Å². The summed E-state index contributed by atoms with van der Waals surface area (Å²) in [7, 11) is 0. The standard InChI is InChI=1S/C9H16/c1-4-5-9(3)7-6(2)8(7)9/h6-8H,4-5H2,1-3H3. The van der Waals surface area contributed by atoms with Gasteiger partial charge in [0.25, 0.3) is 0 Å². The summed E-state index contributed by atoms with van der Waals surface area (Å²) < 4.78 is 0. The van der Waals surface area contributed by atoms with Gasteiger partial charge in [-0.15, -0.1) is 0 Å². The van der Waals surface area contributed by atoms with Crippen LogP contribution in [0.4, 0.5) is 0 Å². The molecule has 2 atom stereocenters. The molecule has 0 N–H and O–H groups in total. The summed E-state index contributed by atoms with van der Waals surface area (Å²) in [5.41, 5.74) is 0.828. The molecule has 0 nitrogen and oxygen atoms in total. The van der Waals surface area contributed by atoms with E-state index in [1.807, 2.05) is 0 Å². The molecule has 0 radical (unpaired) electrons. The number of rotatable bonds is 2. The smallest absolute Gasteiger partial charge is 0.0258 e. The average molecular weight is 124 g/mol. The summed E-state index contributed by atoms with van der Waals surface area (Å²) in [6.07, 6.45) is 2.86. The van der Waals surface area contributed by atoms with Gasteiger partial charge in [0.2, 0.25) is 0 Å². The van der Waals surface area contributed by atoms with Gasteiger partial charge in [-0.25, -0.2) is 0 Å². The summed E-state index contributed by atoms with van der Waals surface area (Å²) in [4.78, 5) is 0. The normalized spacial score (nSPS) is 61.0. The van der Waals surface area contributed by atoms with Crippen LogP contribution in [0.25, 0.3) is 0 Å². The Bertz CT molecular complexity index is 127. The van der Waals surface area contributed by atoms with E-state index in [4.69, 9.17) is 0 Å². The maximum absolute atomic E-state index is 2.46. The van der Waals surface area contributed by atoms with Crippen LogP contribution in [0.15, 0.2) is 0 Å². The maximum atomic E-state index is 2.46. The predicted octanol–water partition coefficient (Wildman–Crippen LogP) is 2.69. The van der Waals surface area contributed by atoms with Gasteiger partial charge in [-0.1, -0.05) is 27.2 Å². The van der Waals surface area contributed by atoms with Crippen LogP contribution in [-0.4, -0.2) is 0 Å². The highest BCUT2D eigenvalue weighted by molar-refractivity contribution is 5.25. The molecule has 2 saturated carbocycles. The molecule has 2 unspecified atom stereocenters. The maximum Gasteiger partial charge on any atom is -0.0258 e. The van der Waals surface area contributed by atoms with E-state index in [0.29, 0.717) is 0 Å². The molecule has 2 aliphatic rings.